The number of aryl methyl sites for hydroxylation is 1. The van der Waals surface area contributed by atoms with Crippen LogP contribution in [0.1, 0.15) is 60.7 Å². The van der Waals surface area contributed by atoms with Crippen LogP contribution in [0.25, 0.3) is 0 Å². The number of aromatic nitrogens is 2. The van der Waals surface area contributed by atoms with E-state index in [9.17, 15) is 4.79 Å². The highest BCUT2D eigenvalue weighted by molar-refractivity contribution is 5.95. The molecule has 6 heteroatoms. The van der Waals surface area contributed by atoms with E-state index in [1.54, 1.807) is 0 Å². The summed E-state index contributed by atoms with van der Waals surface area (Å²) in [5.41, 5.74) is 3.30. The first kappa shape index (κ1) is 20.6. The number of hydrogen-bond donors (Lipinski definition) is 0. The lowest BCUT2D eigenvalue weighted by atomic mass is 9.93. The Morgan fingerprint density at radius 3 is 2.68 bits per heavy atom. The molecule has 5 rings (SSSR count). The third-order valence-corrected chi connectivity index (χ3v) is 7.06. The van der Waals surface area contributed by atoms with Crippen molar-refractivity contribution in [1.29, 1.82) is 0 Å². The molecule has 0 unspecified atom stereocenters. The van der Waals surface area contributed by atoms with E-state index in [2.05, 4.69) is 24.0 Å². The van der Waals surface area contributed by atoms with Crippen LogP contribution in [-0.2, 0) is 22.5 Å². The van der Waals surface area contributed by atoms with Gasteiger partial charge < -0.3 is 4.74 Å². The van der Waals surface area contributed by atoms with Gasteiger partial charge in [-0.1, -0.05) is 30.3 Å². The number of nitrogens with zero attached hydrogens (tertiary/aromatic N) is 4. The first-order chi connectivity index (χ1) is 15.2. The van der Waals surface area contributed by atoms with Gasteiger partial charge in [0.05, 0.1) is 6.54 Å². The van der Waals surface area contributed by atoms with Gasteiger partial charge in [0.15, 0.2) is 0 Å². The van der Waals surface area contributed by atoms with Gasteiger partial charge in [-0.2, -0.15) is 0 Å². The summed E-state index contributed by atoms with van der Waals surface area (Å²) in [6, 6.07) is 10.8. The summed E-state index contributed by atoms with van der Waals surface area (Å²) in [4.78, 5) is 27.4. The Morgan fingerprint density at radius 2 is 1.87 bits per heavy atom. The molecule has 6 nitrogen and oxygen atoms in total. The molecule has 3 aliphatic heterocycles. The van der Waals surface area contributed by atoms with Crippen LogP contribution < -0.4 is 4.90 Å². The number of anilines is 1. The molecular weight excluding hydrogens is 388 g/mol. The van der Waals surface area contributed by atoms with Crippen molar-refractivity contribution in [3.63, 3.8) is 0 Å². The molecule has 1 amide bonds. The number of benzene rings is 1. The Morgan fingerprint density at radius 1 is 1.06 bits per heavy atom. The first-order valence-electron chi connectivity index (χ1n) is 11.7. The molecule has 1 aromatic heterocycles. The van der Waals surface area contributed by atoms with Crippen LogP contribution >= 0.6 is 0 Å². The third kappa shape index (κ3) is 4.37. The van der Waals surface area contributed by atoms with E-state index < -0.39 is 0 Å². The highest BCUT2D eigenvalue weighted by Crippen LogP contribution is 2.34. The summed E-state index contributed by atoms with van der Waals surface area (Å²) in [5.74, 6) is 2.25. The molecule has 3 aliphatic rings. The van der Waals surface area contributed by atoms with E-state index in [0.717, 1.165) is 80.4 Å². The van der Waals surface area contributed by atoms with E-state index in [4.69, 9.17) is 14.7 Å². The largest absolute Gasteiger partial charge is 0.381 e. The maximum absolute atomic E-state index is 12.9. The molecule has 4 heterocycles. The van der Waals surface area contributed by atoms with Crippen LogP contribution in [0.2, 0.25) is 0 Å². The Kier molecular flexibility index (Phi) is 6.01. The molecular formula is C25H32N4O2. The van der Waals surface area contributed by atoms with Gasteiger partial charge in [0, 0.05) is 49.4 Å². The van der Waals surface area contributed by atoms with E-state index >= 15 is 0 Å². The third-order valence-electron chi connectivity index (χ3n) is 7.06. The van der Waals surface area contributed by atoms with Gasteiger partial charge in [-0.3, -0.25) is 14.6 Å². The van der Waals surface area contributed by atoms with Crippen molar-refractivity contribution >= 4 is 11.7 Å². The fourth-order valence-corrected chi connectivity index (χ4v) is 5.31. The SMILES string of the molecule is Cc1nc([C@H]2CCCN(C3CCOCC3)C2)nc2c1CCC(=O)N2Cc1ccccc1. The number of likely N-dealkylation sites (tertiary alicyclic amines) is 1. The lowest BCUT2D eigenvalue weighted by Gasteiger charge is -2.39. The van der Waals surface area contributed by atoms with Crippen molar-refractivity contribution in [2.75, 3.05) is 31.2 Å². The zero-order chi connectivity index (χ0) is 21.2. The molecule has 164 valence electrons. The lowest BCUT2D eigenvalue weighted by molar-refractivity contribution is -0.119. The minimum absolute atomic E-state index is 0.160. The molecule has 0 spiro atoms. The van der Waals surface area contributed by atoms with E-state index in [1.807, 2.05) is 23.1 Å². The summed E-state index contributed by atoms with van der Waals surface area (Å²) < 4.78 is 5.56. The predicted octanol–water partition coefficient (Wildman–Crippen LogP) is 3.62. The van der Waals surface area contributed by atoms with Crippen molar-refractivity contribution in [2.24, 2.45) is 0 Å². The monoisotopic (exact) mass is 420 g/mol. The zero-order valence-electron chi connectivity index (χ0n) is 18.4. The second-order valence-corrected chi connectivity index (χ2v) is 9.11. The van der Waals surface area contributed by atoms with E-state index in [-0.39, 0.29) is 5.91 Å². The molecule has 1 atom stereocenters. The Bertz CT molecular complexity index is 927. The predicted molar refractivity (Wildman–Crippen MR) is 120 cm³/mol. The minimum atomic E-state index is 0.160. The summed E-state index contributed by atoms with van der Waals surface area (Å²) in [5, 5.41) is 0. The van der Waals surface area contributed by atoms with Gasteiger partial charge in [0.2, 0.25) is 5.91 Å². The molecule has 0 N–H and O–H groups in total. The molecule has 31 heavy (non-hydrogen) atoms. The van der Waals surface area contributed by atoms with Crippen LogP contribution in [0.15, 0.2) is 30.3 Å². The van der Waals surface area contributed by atoms with Gasteiger partial charge >= 0.3 is 0 Å². The standard InChI is InChI=1S/C25H32N4O2/c1-18-22-9-10-23(30)29(16-19-6-3-2-4-7-19)25(22)27-24(26-18)20-8-5-13-28(17-20)21-11-14-31-15-12-21/h2-4,6-7,20-21H,5,8-17H2,1H3/t20-/m0/s1. The number of amides is 1. The first-order valence-corrected chi connectivity index (χ1v) is 11.7. The smallest absolute Gasteiger partial charge is 0.228 e. The van der Waals surface area contributed by atoms with Crippen molar-refractivity contribution < 1.29 is 9.53 Å². The number of carbonyl (C=O) groups excluding carboxylic acids is 1. The van der Waals surface area contributed by atoms with Gasteiger partial charge in [-0.25, -0.2) is 9.97 Å². The lowest BCUT2D eigenvalue weighted by Crippen LogP contribution is -2.45. The highest BCUT2D eigenvalue weighted by atomic mass is 16.5. The summed E-state index contributed by atoms with van der Waals surface area (Å²) in [7, 11) is 0. The average molecular weight is 421 g/mol. The number of hydrogen-bond acceptors (Lipinski definition) is 5. The topological polar surface area (TPSA) is 58.6 Å². The number of piperidine rings is 1. The van der Waals surface area contributed by atoms with Crippen molar-refractivity contribution in [2.45, 2.75) is 64.0 Å². The second-order valence-electron chi connectivity index (χ2n) is 9.11. The summed E-state index contributed by atoms with van der Waals surface area (Å²) in [6.07, 6.45) is 5.81. The van der Waals surface area contributed by atoms with Gasteiger partial charge in [-0.15, -0.1) is 0 Å². The Hall–Kier alpha value is -2.31. The Labute approximate surface area is 184 Å². The Balaban J connectivity index is 1.42. The molecule has 1 aromatic carbocycles. The molecule has 2 saturated heterocycles. The van der Waals surface area contributed by atoms with E-state index in [1.165, 1.54) is 6.42 Å². The normalized spacial score (nSPS) is 23.1. The average Bonchev–Trinajstić information content (AvgIpc) is 2.82. The van der Waals surface area contributed by atoms with Crippen molar-refractivity contribution in [3.8, 4) is 0 Å². The molecule has 0 bridgehead atoms. The molecule has 0 saturated carbocycles. The minimum Gasteiger partial charge on any atom is -0.381 e. The van der Waals surface area contributed by atoms with Gasteiger partial charge in [-0.05, 0) is 51.1 Å². The molecule has 0 aliphatic carbocycles. The van der Waals surface area contributed by atoms with Crippen LogP contribution in [-0.4, -0.2) is 53.1 Å². The number of ether oxygens (including phenoxy) is 1. The number of rotatable bonds is 4. The number of fused-ring (bicyclic) bond motifs is 1. The van der Waals surface area contributed by atoms with Crippen molar-refractivity contribution in [1.82, 2.24) is 14.9 Å². The van der Waals surface area contributed by atoms with Crippen molar-refractivity contribution in [3.05, 3.63) is 53.0 Å². The molecule has 0 radical (unpaired) electrons. The van der Waals surface area contributed by atoms with Crippen LogP contribution in [0.3, 0.4) is 0 Å². The maximum atomic E-state index is 12.9. The summed E-state index contributed by atoms with van der Waals surface area (Å²) in [6.45, 7) is 6.56. The van der Waals surface area contributed by atoms with Gasteiger partial charge in [0.1, 0.15) is 11.6 Å². The molecule has 2 fully saturated rings. The quantitative estimate of drug-likeness (QED) is 0.756. The highest BCUT2D eigenvalue weighted by Gasteiger charge is 2.32. The maximum Gasteiger partial charge on any atom is 0.228 e. The fraction of sp³-hybridized carbons (Fsp3) is 0.560. The van der Waals surface area contributed by atoms with Crippen LogP contribution in [0.5, 0.6) is 0 Å². The second kappa shape index (κ2) is 9.05. The summed E-state index contributed by atoms with van der Waals surface area (Å²) >= 11 is 0. The van der Waals surface area contributed by atoms with Crippen LogP contribution in [0, 0.1) is 6.92 Å². The fourth-order valence-electron chi connectivity index (χ4n) is 5.31. The zero-order valence-corrected chi connectivity index (χ0v) is 18.4. The molecule has 2 aromatic rings. The van der Waals surface area contributed by atoms with Crippen LogP contribution in [0.4, 0.5) is 5.82 Å². The number of carbonyl (C=O) groups is 1. The van der Waals surface area contributed by atoms with E-state index in [0.29, 0.717) is 24.9 Å². The van der Waals surface area contributed by atoms with Gasteiger partial charge in [0.25, 0.3) is 0 Å².